The smallest absolute Gasteiger partial charge is 0.215 e. The maximum Gasteiger partial charge on any atom is 0.215 e. The number of nitrogens with one attached hydrogen (secondary N) is 2. The van der Waals surface area contributed by atoms with E-state index in [2.05, 4.69) is 10.4 Å². The fourth-order valence-electron chi connectivity index (χ4n) is 1.15. The first-order valence-electron chi connectivity index (χ1n) is 3.88. The second-order valence-electron chi connectivity index (χ2n) is 2.69. The van der Waals surface area contributed by atoms with E-state index in [1.807, 2.05) is 5.01 Å². The molecule has 0 unspecified atom stereocenters. The third-order valence-electron chi connectivity index (χ3n) is 1.62. The van der Waals surface area contributed by atoms with Crippen LogP contribution >= 0.6 is 0 Å². The molecule has 6 N–H and O–H groups in total. The number of hydrogen-bond acceptors (Lipinski definition) is 2. The van der Waals surface area contributed by atoms with Gasteiger partial charge in [-0.2, -0.15) is 4.99 Å². The van der Waals surface area contributed by atoms with Gasteiger partial charge >= 0.3 is 0 Å². The molecule has 1 heterocycles. The first-order chi connectivity index (χ1) is 5.68. The monoisotopic (exact) mass is 170 g/mol. The maximum absolute atomic E-state index is 6.85. The van der Waals surface area contributed by atoms with Crippen LogP contribution in [0.5, 0.6) is 0 Å². The zero-order chi connectivity index (χ0) is 8.97. The van der Waals surface area contributed by atoms with E-state index in [4.69, 9.17) is 16.9 Å². The average Bonchev–Trinajstić information content (AvgIpc) is 2.37. The van der Waals surface area contributed by atoms with E-state index in [0.717, 1.165) is 13.1 Å². The number of nitrogens with zero attached hydrogens (tertiary/aromatic N) is 2. The molecule has 0 aliphatic carbocycles. The van der Waals surface area contributed by atoms with Gasteiger partial charge in [-0.05, 0) is 12.8 Å². The number of aliphatic imine (C=N–C) groups is 1. The Morgan fingerprint density at radius 3 is 2.42 bits per heavy atom. The van der Waals surface area contributed by atoms with Crippen molar-refractivity contribution < 1.29 is 0 Å². The minimum absolute atomic E-state index is 0.185. The summed E-state index contributed by atoms with van der Waals surface area (Å²) in [6.45, 7) is 1.93. The van der Waals surface area contributed by atoms with Crippen molar-refractivity contribution in [2.45, 2.75) is 12.8 Å². The quantitative estimate of drug-likeness (QED) is 0.293. The lowest BCUT2D eigenvalue weighted by atomic mass is 10.4. The third kappa shape index (κ3) is 2.75. The van der Waals surface area contributed by atoms with Crippen LogP contribution in [0, 0.1) is 5.41 Å². The number of hydrazine groups is 1. The normalized spacial score (nSPS) is 19.5. The molecule has 1 aliphatic heterocycles. The van der Waals surface area contributed by atoms with Gasteiger partial charge in [-0.25, -0.2) is 5.01 Å². The van der Waals surface area contributed by atoms with Gasteiger partial charge in [0.15, 0.2) is 0 Å². The highest BCUT2D eigenvalue weighted by Crippen LogP contribution is 2.02. The van der Waals surface area contributed by atoms with Crippen molar-refractivity contribution in [3.63, 3.8) is 0 Å². The molecule has 0 atom stereocenters. The molecule has 6 nitrogen and oxygen atoms in total. The van der Waals surface area contributed by atoms with Gasteiger partial charge in [-0.1, -0.05) is 0 Å². The van der Waals surface area contributed by atoms with Crippen molar-refractivity contribution in [3.05, 3.63) is 0 Å². The lowest BCUT2D eigenvalue weighted by Crippen LogP contribution is -2.45. The van der Waals surface area contributed by atoms with E-state index >= 15 is 0 Å². The topological polar surface area (TPSA) is 104 Å². The molecule has 0 spiro atoms. The van der Waals surface area contributed by atoms with Crippen LogP contribution < -0.4 is 16.9 Å². The Hall–Kier alpha value is -1.30. The molecule has 1 saturated heterocycles. The first kappa shape index (κ1) is 8.79. The maximum atomic E-state index is 6.85. The molecule has 12 heavy (non-hydrogen) atoms. The SMILES string of the molecule is N=C(N)/N=C(\N)NN1CCCC1. The van der Waals surface area contributed by atoms with Gasteiger partial charge in [0, 0.05) is 13.1 Å². The highest BCUT2D eigenvalue weighted by atomic mass is 15.5. The third-order valence-corrected chi connectivity index (χ3v) is 1.62. The highest BCUT2D eigenvalue weighted by molar-refractivity contribution is 5.91. The van der Waals surface area contributed by atoms with Gasteiger partial charge in [0.2, 0.25) is 11.9 Å². The number of guanidine groups is 2. The molecule has 0 aromatic heterocycles. The minimum Gasteiger partial charge on any atom is -0.368 e. The van der Waals surface area contributed by atoms with Crippen LogP contribution in [0.2, 0.25) is 0 Å². The summed E-state index contributed by atoms with van der Waals surface area (Å²) in [7, 11) is 0. The lowest BCUT2D eigenvalue weighted by molar-refractivity contribution is 0.294. The summed E-state index contributed by atoms with van der Waals surface area (Å²) in [5.41, 5.74) is 13.3. The molecule has 1 aliphatic rings. The van der Waals surface area contributed by atoms with Crippen molar-refractivity contribution in [1.82, 2.24) is 10.4 Å². The molecule has 1 fully saturated rings. The minimum atomic E-state index is -0.279. The molecule has 0 bridgehead atoms. The molecule has 0 aromatic rings. The van der Waals surface area contributed by atoms with E-state index in [1.54, 1.807) is 0 Å². The van der Waals surface area contributed by atoms with E-state index in [-0.39, 0.29) is 11.9 Å². The van der Waals surface area contributed by atoms with Crippen LogP contribution in [-0.2, 0) is 0 Å². The van der Waals surface area contributed by atoms with Gasteiger partial charge in [0.25, 0.3) is 0 Å². The Morgan fingerprint density at radius 1 is 1.33 bits per heavy atom. The van der Waals surface area contributed by atoms with Crippen molar-refractivity contribution in [2.24, 2.45) is 16.5 Å². The van der Waals surface area contributed by atoms with Gasteiger partial charge in [0.1, 0.15) is 0 Å². The summed E-state index contributed by atoms with van der Waals surface area (Å²) in [6.07, 6.45) is 2.33. The van der Waals surface area contributed by atoms with Crippen LogP contribution in [0.4, 0.5) is 0 Å². The molecular weight excluding hydrogens is 156 g/mol. The lowest BCUT2D eigenvalue weighted by Gasteiger charge is -2.15. The van der Waals surface area contributed by atoms with Gasteiger partial charge in [-0.3, -0.25) is 10.8 Å². The van der Waals surface area contributed by atoms with Crippen molar-refractivity contribution in [2.75, 3.05) is 13.1 Å². The van der Waals surface area contributed by atoms with E-state index in [0.29, 0.717) is 0 Å². The molecule has 68 valence electrons. The fraction of sp³-hybridized carbons (Fsp3) is 0.667. The molecule has 6 heteroatoms. The van der Waals surface area contributed by atoms with Gasteiger partial charge in [0.05, 0.1) is 0 Å². The van der Waals surface area contributed by atoms with E-state index in [9.17, 15) is 0 Å². The van der Waals surface area contributed by atoms with Crippen molar-refractivity contribution in [3.8, 4) is 0 Å². The van der Waals surface area contributed by atoms with Crippen LogP contribution in [0.3, 0.4) is 0 Å². The van der Waals surface area contributed by atoms with Gasteiger partial charge < -0.3 is 11.5 Å². The second kappa shape index (κ2) is 3.91. The summed E-state index contributed by atoms with van der Waals surface area (Å²) >= 11 is 0. The number of hydrogen-bond donors (Lipinski definition) is 4. The molecule has 0 aromatic carbocycles. The molecule has 0 radical (unpaired) electrons. The summed E-state index contributed by atoms with van der Waals surface area (Å²) in [4.78, 5) is 3.54. The fourth-order valence-corrected chi connectivity index (χ4v) is 1.15. The second-order valence-corrected chi connectivity index (χ2v) is 2.69. The predicted molar refractivity (Wildman–Crippen MR) is 47.5 cm³/mol. The van der Waals surface area contributed by atoms with Gasteiger partial charge in [-0.15, -0.1) is 0 Å². The Bertz CT molecular complexity index is 192. The van der Waals surface area contributed by atoms with Crippen LogP contribution in [0.1, 0.15) is 12.8 Å². The average molecular weight is 170 g/mol. The first-order valence-corrected chi connectivity index (χ1v) is 3.88. The standard InChI is InChI=1S/C6H14N6/c7-5(8)10-6(9)11-12-3-1-2-4-12/h1-4H2,(H6,7,8,9,10,11). The van der Waals surface area contributed by atoms with Crippen LogP contribution in [0.25, 0.3) is 0 Å². The largest absolute Gasteiger partial charge is 0.368 e. The van der Waals surface area contributed by atoms with Crippen molar-refractivity contribution >= 4 is 11.9 Å². The summed E-state index contributed by atoms with van der Waals surface area (Å²) in [5.74, 6) is -0.0939. The van der Waals surface area contributed by atoms with Crippen molar-refractivity contribution in [1.29, 1.82) is 5.41 Å². The van der Waals surface area contributed by atoms with E-state index < -0.39 is 0 Å². The molecule has 1 rings (SSSR count). The Morgan fingerprint density at radius 2 is 1.92 bits per heavy atom. The van der Waals surface area contributed by atoms with Crippen LogP contribution in [0.15, 0.2) is 4.99 Å². The molecule has 0 saturated carbocycles. The summed E-state index contributed by atoms with van der Waals surface area (Å²) in [6, 6.07) is 0. The van der Waals surface area contributed by atoms with E-state index in [1.165, 1.54) is 12.8 Å². The number of rotatable bonds is 1. The Labute approximate surface area is 71.1 Å². The number of nitrogens with two attached hydrogens (primary N) is 2. The zero-order valence-electron chi connectivity index (χ0n) is 6.88. The predicted octanol–water partition coefficient (Wildman–Crippen LogP) is -1.21. The Kier molecular flexibility index (Phi) is 2.87. The zero-order valence-corrected chi connectivity index (χ0v) is 6.88. The molecular formula is C6H14N6. The summed E-state index contributed by atoms with van der Waals surface area (Å²) < 4.78 is 0. The summed E-state index contributed by atoms with van der Waals surface area (Å²) in [5, 5.41) is 8.81. The van der Waals surface area contributed by atoms with Crippen LogP contribution in [-0.4, -0.2) is 30.0 Å². The Balaban J connectivity index is 2.34. The molecule has 0 amide bonds. The highest BCUT2D eigenvalue weighted by Gasteiger charge is 2.11.